The van der Waals surface area contributed by atoms with E-state index in [0.717, 1.165) is 11.3 Å². The molecule has 0 aliphatic rings. The van der Waals surface area contributed by atoms with Crippen LogP contribution in [0.1, 0.15) is 13.8 Å². The Balaban J connectivity index is 2.28. The van der Waals surface area contributed by atoms with Crippen LogP contribution in [0.3, 0.4) is 0 Å². The van der Waals surface area contributed by atoms with Crippen molar-refractivity contribution in [3.05, 3.63) is 48.5 Å². The minimum Gasteiger partial charge on any atom is -0.496 e. The zero-order valence-corrected chi connectivity index (χ0v) is 11.8. The number of para-hydroxylation sites is 1. The highest BCUT2D eigenvalue weighted by molar-refractivity contribution is 7.99. The molecule has 2 heteroatoms. The van der Waals surface area contributed by atoms with Crippen LogP contribution in [-0.2, 0) is 0 Å². The van der Waals surface area contributed by atoms with Crippen LogP contribution in [0.2, 0.25) is 0 Å². The molecule has 0 radical (unpaired) electrons. The fraction of sp³-hybridized carbons (Fsp3) is 0.250. The highest BCUT2D eigenvalue weighted by Gasteiger charge is 2.05. The van der Waals surface area contributed by atoms with Crippen molar-refractivity contribution in [2.75, 3.05) is 7.11 Å². The highest BCUT2D eigenvalue weighted by Crippen LogP contribution is 2.31. The van der Waals surface area contributed by atoms with E-state index >= 15 is 0 Å². The monoisotopic (exact) mass is 258 g/mol. The Morgan fingerprint density at radius 1 is 0.944 bits per heavy atom. The molecule has 0 aliphatic heterocycles. The van der Waals surface area contributed by atoms with Gasteiger partial charge in [0.1, 0.15) is 5.75 Å². The summed E-state index contributed by atoms with van der Waals surface area (Å²) in [4.78, 5) is 1.31. The van der Waals surface area contributed by atoms with Gasteiger partial charge in [-0.15, -0.1) is 11.8 Å². The molecule has 0 spiro atoms. The molecule has 0 unspecified atom stereocenters. The van der Waals surface area contributed by atoms with E-state index in [1.54, 1.807) is 7.11 Å². The van der Waals surface area contributed by atoms with E-state index in [1.165, 1.54) is 10.5 Å². The van der Waals surface area contributed by atoms with Crippen LogP contribution in [0.4, 0.5) is 0 Å². The summed E-state index contributed by atoms with van der Waals surface area (Å²) in [5, 5.41) is 0.613. The summed E-state index contributed by atoms with van der Waals surface area (Å²) in [5.74, 6) is 0.918. The molecule has 0 aromatic heterocycles. The number of methoxy groups -OCH3 is 1. The van der Waals surface area contributed by atoms with Gasteiger partial charge in [-0.2, -0.15) is 0 Å². The summed E-state index contributed by atoms with van der Waals surface area (Å²) in [6, 6.07) is 16.8. The predicted molar refractivity (Wildman–Crippen MR) is 79.4 cm³/mol. The van der Waals surface area contributed by atoms with Crippen LogP contribution in [0.5, 0.6) is 5.75 Å². The van der Waals surface area contributed by atoms with Crippen LogP contribution in [0.15, 0.2) is 53.4 Å². The molecule has 2 aromatic rings. The molecule has 2 aromatic carbocycles. The first-order chi connectivity index (χ1) is 8.70. The summed E-state index contributed by atoms with van der Waals surface area (Å²) in [6.07, 6.45) is 0. The Labute approximate surface area is 113 Å². The number of hydrogen-bond acceptors (Lipinski definition) is 2. The van der Waals surface area contributed by atoms with Crippen LogP contribution < -0.4 is 4.74 Å². The summed E-state index contributed by atoms with van der Waals surface area (Å²) < 4.78 is 5.39. The van der Waals surface area contributed by atoms with Gasteiger partial charge in [0, 0.05) is 15.7 Å². The molecule has 2 rings (SSSR count). The minimum atomic E-state index is 0.613. The van der Waals surface area contributed by atoms with Crippen molar-refractivity contribution in [1.82, 2.24) is 0 Å². The SMILES string of the molecule is COc1ccccc1-c1ccc(SC(C)C)cc1. The zero-order chi connectivity index (χ0) is 13.0. The third-order valence-corrected chi connectivity index (χ3v) is 3.66. The van der Waals surface area contributed by atoms with Gasteiger partial charge < -0.3 is 4.74 Å². The first-order valence-corrected chi connectivity index (χ1v) is 6.99. The first kappa shape index (κ1) is 13.0. The maximum atomic E-state index is 5.39. The Morgan fingerprint density at radius 3 is 2.22 bits per heavy atom. The lowest BCUT2D eigenvalue weighted by atomic mass is 10.1. The van der Waals surface area contributed by atoms with E-state index in [0.29, 0.717) is 5.25 Å². The van der Waals surface area contributed by atoms with Gasteiger partial charge in [0.25, 0.3) is 0 Å². The van der Waals surface area contributed by atoms with E-state index in [2.05, 4.69) is 44.2 Å². The number of thioether (sulfide) groups is 1. The molecule has 0 heterocycles. The molecule has 94 valence electrons. The van der Waals surface area contributed by atoms with Gasteiger partial charge in [-0.3, -0.25) is 0 Å². The van der Waals surface area contributed by atoms with Crippen LogP contribution in [0, 0.1) is 0 Å². The van der Waals surface area contributed by atoms with Crippen molar-refractivity contribution in [2.45, 2.75) is 24.0 Å². The van der Waals surface area contributed by atoms with Crippen molar-refractivity contribution in [1.29, 1.82) is 0 Å². The molecule has 0 amide bonds. The summed E-state index contributed by atoms with van der Waals surface area (Å²) >= 11 is 1.88. The average Bonchev–Trinajstić information content (AvgIpc) is 2.39. The second kappa shape index (κ2) is 5.96. The molecule has 0 atom stereocenters. The zero-order valence-electron chi connectivity index (χ0n) is 11.0. The second-order valence-electron chi connectivity index (χ2n) is 4.39. The van der Waals surface area contributed by atoms with E-state index in [4.69, 9.17) is 4.74 Å². The van der Waals surface area contributed by atoms with Gasteiger partial charge in [-0.25, -0.2) is 0 Å². The molecule has 0 bridgehead atoms. The van der Waals surface area contributed by atoms with Crippen molar-refractivity contribution < 1.29 is 4.74 Å². The summed E-state index contributed by atoms with van der Waals surface area (Å²) in [5.41, 5.74) is 2.33. The third-order valence-electron chi connectivity index (χ3n) is 2.64. The molecule has 18 heavy (non-hydrogen) atoms. The Hall–Kier alpha value is -1.41. The Morgan fingerprint density at radius 2 is 1.61 bits per heavy atom. The Bertz CT molecular complexity index is 503. The highest BCUT2D eigenvalue weighted by atomic mass is 32.2. The molecule has 0 fully saturated rings. The lowest BCUT2D eigenvalue weighted by molar-refractivity contribution is 0.416. The van der Waals surface area contributed by atoms with Gasteiger partial charge in [-0.05, 0) is 23.8 Å². The fourth-order valence-corrected chi connectivity index (χ4v) is 2.71. The first-order valence-electron chi connectivity index (χ1n) is 6.11. The number of rotatable bonds is 4. The lowest BCUT2D eigenvalue weighted by Gasteiger charge is -2.09. The fourth-order valence-electron chi connectivity index (χ4n) is 1.87. The maximum absolute atomic E-state index is 5.39. The van der Waals surface area contributed by atoms with E-state index in [1.807, 2.05) is 30.0 Å². The summed E-state index contributed by atoms with van der Waals surface area (Å²) in [6.45, 7) is 4.41. The van der Waals surface area contributed by atoms with E-state index in [9.17, 15) is 0 Å². The molecule has 0 saturated carbocycles. The number of benzene rings is 2. The van der Waals surface area contributed by atoms with Gasteiger partial charge in [0.2, 0.25) is 0 Å². The molecule has 0 saturated heterocycles. The van der Waals surface area contributed by atoms with Crippen molar-refractivity contribution in [2.24, 2.45) is 0 Å². The van der Waals surface area contributed by atoms with Crippen LogP contribution >= 0.6 is 11.8 Å². The minimum absolute atomic E-state index is 0.613. The molecule has 1 nitrogen and oxygen atoms in total. The van der Waals surface area contributed by atoms with Gasteiger partial charge in [0.05, 0.1) is 7.11 Å². The standard InChI is InChI=1S/C16H18OS/c1-12(2)18-14-10-8-13(9-11-14)15-6-4-5-7-16(15)17-3/h4-12H,1-3H3. The van der Waals surface area contributed by atoms with E-state index in [-0.39, 0.29) is 0 Å². The lowest BCUT2D eigenvalue weighted by Crippen LogP contribution is -1.88. The van der Waals surface area contributed by atoms with Gasteiger partial charge in [-0.1, -0.05) is 44.2 Å². The summed E-state index contributed by atoms with van der Waals surface area (Å²) in [7, 11) is 1.71. The molecular weight excluding hydrogens is 240 g/mol. The normalized spacial score (nSPS) is 10.7. The van der Waals surface area contributed by atoms with Crippen molar-refractivity contribution in [3.8, 4) is 16.9 Å². The smallest absolute Gasteiger partial charge is 0.126 e. The topological polar surface area (TPSA) is 9.23 Å². The second-order valence-corrected chi connectivity index (χ2v) is 6.04. The van der Waals surface area contributed by atoms with Crippen LogP contribution in [-0.4, -0.2) is 12.4 Å². The molecular formula is C16H18OS. The Kier molecular flexibility index (Phi) is 4.32. The quantitative estimate of drug-likeness (QED) is 0.724. The average molecular weight is 258 g/mol. The third kappa shape index (κ3) is 3.08. The number of hydrogen-bond donors (Lipinski definition) is 0. The van der Waals surface area contributed by atoms with Crippen LogP contribution in [0.25, 0.3) is 11.1 Å². The maximum Gasteiger partial charge on any atom is 0.126 e. The van der Waals surface area contributed by atoms with E-state index < -0.39 is 0 Å². The van der Waals surface area contributed by atoms with Crippen molar-refractivity contribution >= 4 is 11.8 Å². The largest absolute Gasteiger partial charge is 0.496 e. The molecule has 0 aliphatic carbocycles. The predicted octanol–water partition coefficient (Wildman–Crippen LogP) is 4.86. The van der Waals surface area contributed by atoms with Gasteiger partial charge in [0.15, 0.2) is 0 Å². The number of ether oxygens (including phenoxy) is 1. The molecule has 0 N–H and O–H groups in total. The van der Waals surface area contributed by atoms with Crippen molar-refractivity contribution in [3.63, 3.8) is 0 Å². The van der Waals surface area contributed by atoms with Gasteiger partial charge >= 0.3 is 0 Å².